The molecule has 0 aliphatic carbocycles. The van der Waals surface area contributed by atoms with Crippen molar-refractivity contribution in [2.75, 3.05) is 54.3 Å². The Morgan fingerprint density at radius 3 is 1.24 bits per heavy atom. The highest BCUT2D eigenvalue weighted by molar-refractivity contribution is 6.19. The molecule has 2 rings (SSSR count). The highest BCUT2D eigenvalue weighted by Gasteiger charge is 2.39. The lowest BCUT2D eigenvalue weighted by Crippen LogP contribution is -2.39. The molecule has 0 radical (unpaired) electrons. The maximum absolute atomic E-state index is 13.0. The van der Waals surface area contributed by atoms with E-state index in [-0.39, 0.29) is 61.9 Å². The normalized spacial score (nSPS) is 12.8. The van der Waals surface area contributed by atoms with Crippen LogP contribution in [0.1, 0.15) is 100 Å². The van der Waals surface area contributed by atoms with Crippen LogP contribution in [0.5, 0.6) is 0 Å². The molecule has 4 N–H and O–H groups in total. The third-order valence-electron chi connectivity index (χ3n) is 9.45. The number of aryl methyl sites for hydroxylation is 2. The van der Waals surface area contributed by atoms with Crippen LogP contribution in [-0.4, -0.2) is 110 Å². The SMILES string of the molecule is CCOC(=O)C(C(=O)Nc1cc(NC(=O)OCC(C)OC(C)(C)CC(C)OC(C)(C)CC(C)OC(=O)Nc2ccc(C)c(NC(=O)C(C(=O)OCC)C(=O)OCC)c2)ccc1C)C(=O)OCC. The lowest BCUT2D eigenvalue weighted by molar-refractivity contribution is -0.166. The van der Waals surface area contributed by atoms with Crippen molar-refractivity contribution in [3.05, 3.63) is 47.5 Å². The van der Waals surface area contributed by atoms with E-state index in [1.54, 1.807) is 79.7 Å². The summed E-state index contributed by atoms with van der Waals surface area (Å²) in [6.07, 6.45) is -2.25. The average molecular weight is 945 g/mol. The topological polar surface area (TPSA) is 259 Å². The number of carbonyl (C=O) groups excluding carboxylic acids is 8. The van der Waals surface area contributed by atoms with Crippen LogP contribution in [0.15, 0.2) is 36.4 Å². The van der Waals surface area contributed by atoms with Crippen LogP contribution in [0.25, 0.3) is 0 Å². The van der Waals surface area contributed by atoms with Crippen LogP contribution in [0.4, 0.5) is 32.3 Å². The zero-order valence-electron chi connectivity index (χ0n) is 40.8. The largest absolute Gasteiger partial charge is 0.465 e. The van der Waals surface area contributed by atoms with E-state index < -0.39 is 83.1 Å². The summed E-state index contributed by atoms with van der Waals surface area (Å²) in [4.78, 5) is 101. The zero-order chi connectivity index (χ0) is 50.6. The minimum absolute atomic E-state index is 0.0437. The molecule has 67 heavy (non-hydrogen) atoms. The molecule has 0 heterocycles. The number of esters is 4. The lowest BCUT2D eigenvalue weighted by Gasteiger charge is -2.36. The first kappa shape index (κ1) is 56.8. The molecular formula is C47H68N4O16. The Hall–Kier alpha value is -6.28. The van der Waals surface area contributed by atoms with E-state index in [1.165, 1.54) is 12.1 Å². The number of carbonyl (C=O) groups is 8. The molecule has 372 valence electrons. The van der Waals surface area contributed by atoms with Gasteiger partial charge in [-0.05, 0) is 125 Å². The van der Waals surface area contributed by atoms with Crippen molar-refractivity contribution in [2.24, 2.45) is 11.8 Å². The van der Waals surface area contributed by atoms with E-state index in [2.05, 4.69) is 21.3 Å². The highest BCUT2D eigenvalue weighted by Crippen LogP contribution is 2.28. The summed E-state index contributed by atoms with van der Waals surface area (Å²) in [7, 11) is 0. The van der Waals surface area contributed by atoms with Crippen molar-refractivity contribution in [1.29, 1.82) is 0 Å². The fraction of sp³-hybridized carbons (Fsp3) is 0.574. The zero-order valence-corrected chi connectivity index (χ0v) is 40.8. The monoisotopic (exact) mass is 944 g/mol. The van der Waals surface area contributed by atoms with Crippen LogP contribution in [0, 0.1) is 25.7 Å². The Balaban J connectivity index is 1.91. The Labute approximate surface area is 392 Å². The molecule has 20 heteroatoms. The molecule has 2 aromatic rings. The number of amides is 4. The molecule has 0 aliphatic heterocycles. The minimum Gasteiger partial charge on any atom is -0.465 e. The Kier molecular flexibility index (Phi) is 22.7. The molecule has 0 aromatic heterocycles. The van der Waals surface area contributed by atoms with Gasteiger partial charge in [-0.3, -0.25) is 39.4 Å². The van der Waals surface area contributed by atoms with Crippen molar-refractivity contribution >= 4 is 70.6 Å². The summed E-state index contributed by atoms with van der Waals surface area (Å²) in [5.74, 6) is -9.77. The van der Waals surface area contributed by atoms with Crippen LogP contribution in [0.2, 0.25) is 0 Å². The summed E-state index contributed by atoms with van der Waals surface area (Å²) in [5, 5.41) is 10.3. The Bertz CT molecular complexity index is 2020. The standard InChI is InChI=1S/C47H68N4O16/c1-14-60-40(54)36(41(55)61-15-2)38(52)50-34-22-32(20-18-27(34)5)48-44(58)64-26-31(9)67-47(12,13)25-30(8)66-46(10,11)24-29(7)65-45(59)49-33-21-19-28(6)35(23-33)51-39(53)37(42(56)62-16-3)43(57)63-17-4/h18-23,29-31,36-37H,14-17,24-26H2,1-13H3,(H,48,58)(H,49,59)(H,50,52)(H,51,53). The van der Waals surface area contributed by atoms with Crippen LogP contribution >= 0.6 is 0 Å². The molecular weight excluding hydrogens is 877 g/mol. The highest BCUT2D eigenvalue weighted by atomic mass is 16.6. The van der Waals surface area contributed by atoms with Gasteiger partial charge >= 0.3 is 36.1 Å². The van der Waals surface area contributed by atoms with E-state index in [9.17, 15) is 38.4 Å². The number of benzene rings is 2. The van der Waals surface area contributed by atoms with Gasteiger partial charge in [0.05, 0.1) is 49.8 Å². The van der Waals surface area contributed by atoms with Gasteiger partial charge in [-0.2, -0.15) is 0 Å². The summed E-state index contributed by atoms with van der Waals surface area (Å²) >= 11 is 0. The molecule has 0 aliphatic rings. The summed E-state index contributed by atoms with van der Waals surface area (Å²) < 4.78 is 43.2. The fourth-order valence-corrected chi connectivity index (χ4v) is 6.97. The quantitative estimate of drug-likeness (QED) is 0.0444. The molecule has 0 bridgehead atoms. The summed E-state index contributed by atoms with van der Waals surface area (Å²) in [5.41, 5.74) is 0.702. The smallest absolute Gasteiger partial charge is 0.411 e. The van der Waals surface area contributed by atoms with Crippen molar-refractivity contribution in [2.45, 2.75) is 132 Å². The molecule has 3 atom stereocenters. The van der Waals surface area contributed by atoms with Crippen LogP contribution in [-0.2, 0) is 66.7 Å². The number of rotatable bonds is 25. The average Bonchev–Trinajstić information content (AvgIpc) is 3.19. The van der Waals surface area contributed by atoms with E-state index in [1.807, 2.05) is 34.6 Å². The third kappa shape index (κ3) is 19.6. The second-order valence-electron chi connectivity index (χ2n) is 16.8. The Morgan fingerprint density at radius 1 is 0.493 bits per heavy atom. The van der Waals surface area contributed by atoms with Crippen LogP contribution < -0.4 is 21.3 Å². The predicted octanol–water partition coefficient (Wildman–Crippen LogP) is 7.00. The first-order valence-corrected chi connectivity index (χ1v) is 22.1. The molecule has 0 saturated heterocycles. The molecule has 0 saturated carbocycles. The number of nitrogens with one attached hydrogen (secondary N) is 4. The lowest BCUT2D eigenvalue weighted by atomic mass is 9.98. The predicted molar refractivity (Wildman–Crippen MR) is 246 cm³/mol. The van der Waals surface area contributed by atoms with Crippen molar-refractivity contribution in [3.63, 3.8) is 0 Å². The van der Waals surface area contributed by atoms with Crippen LogP contribution in [0.3, 0.4) is 0 Å². The van der Waals surface area contributed by atoms with Crippen molar-refractivity contribution < 1.29 is 76.3 Å². The van der Waals surface area contributed by atoms with Gasteiger partial charge in [0.25, 0.3) is 0 Å². The van der Waals surface area contributed by atoms with Gasteiger partial charge < -0.3 is 48.5 Å². The van der Waals surface area contributed by atoms with E-state index >= 15 is 0 Å². The van der Waals surface area contributed by atoms with Crippen molar-refractivity contribution in [3.8, 4) is 0 Å². The van der Waals surface area contributed by atoms with Gasteiger partial charge in [-0.25, -0.2) is 9.59 Å². The Morgan fingerprint density at radius 2 is 0.851 bits per heavy atom. The molecule has 0 fully saturated rings. The summed E-state index contributed by atoms with van der Waals surface area (Å²) in [6.45, 7) is 22.1. The maximum Gasteiger partial charge on any atom is 0.411 e. The molecule has 20 nitrogen and oxygen atoms in total. The number of anilines is 4. The number of hydrogen-bond donors (Lipinski definition) is 4. The molecule has 3 unspecified atom stereocenters. The van der Waals surface area contributed by atoms with Gasteiger partial charge in [-0.15, -0.1) is 0 Å². The molecule has 2 aromatic carbocycles. The van der Waals surface area contributed by atoms with E-state index in [4.69, 9.17) is 37.9 Å². The van der Waals surface area contributed by atoms with Gasteiger partial charge in [0.15, 0.2) is 0 Å². The fourth-order valence-electron chi connectivity index (χ4n) is 6.97. The summed E-state index contributed by atoms with van der Waals surface area (Å²) in [6, 6.07) is 9.35. The first-order valence-electron chi connectivity index (χ1n) is 22.1. The second-order valence-corrected chi connectivity index (χ2v) is 16.8. The van der Waals surface area contributed by atoms with Gasteiger partial charge in [0.2, 0.25) is 23.7 Å². The molecule has 0 spiro atoms. The number of ether oxygens (including phenoxy) is 8. The minimum atomic E-state index is -1.84. The second kappa shape index (κ2) is 26.8. The number of hydrogen-bond acceptors (Lipinski definition) is 16. The van der Waals surface area contributed by atoms with E-state index in [0.29, 0.717) is 24.0 Å². The maximum atomic E-state index is 13.0. The van der Waals surface area contributed by atoms with Gasteiger partial charge in [0, 0.05) is 35.6 Å². The third-order valence-corrected chi connectivity index (χ3v) is 9.45. The molecule has 4 amide bonds. The van der Waals surface area contributed by atoms with E-state index in [0.717, 1.165) is 0 Å². The van der Waals surface area contributed by atoms with Gasteiger partial charge in [0.1, 0.15) is 12.7 Å². The van der Waals surface area contributed by atoms with Crippen molar-refractivity contribution in [1.82, 2.24) is 0 Å². The first-order chi connectivity index (χ1) is 31.3. The van der Waals surface area contributed by atoms with Gasteiger partial charge in [-0.1, -0.05) is 12.1 Å².